The summed E-state index contributed by atoms with van der Waals surface area (Å²) in [4.78, 5) is 3.92. The zero-order chi connectivity index (χ0) is 8.39. The van der Waals surface area contributed by atoms with E-state index in [2.05, 4.69) is 10.1 Å². The molecule has 0 spiro atoms. The van der Waals surface area contributed by atoms with E-state index in [0.29, 0.717) is 0 Å². The van der Waals surface area contributed by atoms with E-state index in [1.807, 2.05) is 25.1 Å². The van der Waals surface area contributed by atoms with Gasteiger partial charge in [0, 0.05) is 24.0 Å². The number of pyridine rings is 1. The fourth-order valence-electron chi connectivity index (χ4n) is 1.03. The van der Waals surface area contributed by atoms with Gasteiger partial charge in [0.15, 0.2) is 0 Å². The molecule has 0 aromatic carbocycles. The normalized spacial score (nSPS) is 10.1. The summed E-state index contributed by atoms with van der Waals surface area (Å²) in [5.41, 5.74) is 1.89. The zero-order valence-corrected chi connectivity index (χ0v) is 6.69. The van der Waals surface area contributed by atoms with E-state index in [9.17, 15) is 0 Å². The lowest BCUT2D eigenvalue weighted by Gasteiger charge is -1.90. The molecule has 0 aliphatic carbocycles. The van der Waals surface area contributed by atoms with Crippen molar-refractivity contribution in [3.8, 4) is 11.3 Å². The maximum Gasteiger partial charge on any atom is 0.134 e. The highest BCUT2D eigenvalue weighted by Crippen LogP contribution is 2.16. The molecule has 0 fully saturated rings. The molecule has 2 aromatic heterocycles. The van der Waals surface area contributed by atoms with Crippen LogP contribution in [0.15, 0.2) is 35.1 Å². The predicted molar refractivity (Wildman–Crippen MR) is 44.5 cm³/mol. The van der Waals surface area contributed by atoms with Crippen LogP contribution in [0.5, 0.6) is 0 Å². The summed E-state index contributed by atoms with van der Waals surface area (Å²) in [5, 5.41) is 3.88. The van der Waals surface area contributed by atoms with Crippen molar-refractivity contribution in [1.82, 2.24) is 10.1 Å². The first-order chi connectivity index (χ1) is 5.86. The van der Waals surface area contributed by atoms with Gasteiger partial charge in [0.1, 0.15) is 11.5 Å². The predicted octanol–water partition coefficient (Wildman–Crippen LogP) is 2.05. The Hall–Kier alpha value is -1.64. The van der Waals surface area contributed by atoms with Gasteiger partial charge in [-0.2, -0.15) is 0 Å². The van der Waals surface area contributed by atoms with Crippen molar-refractivity contribution in [3.63, 3.8) is 0 Å². The minimum atomic E-state index is 0.821. The van der Waals surface area contributed by atoms with Crippen molar-refractivity contribution >= 4 is 0 Å². The molecule has 12 heavy (non-hydrogen) atoms. The van der Waals surface area contributed by atoms with E-state index in [4.69, 9.17) is 4.52 Å². The third-order valence-electron chi connectivity index (χ3n) is 1.60. The van der Waals surface area contributed by atoms with Crippen molar-refractivity contribution in [2.24, 2.45) is 0 Å². The second kappa shape index (κ2) is 2.77. The van der Waals surface area contributed by atoms with Gasteiger partial charge in [-0.25, -0.2) is 0 Å². The van der Waals surface area contributed by atoms with Crippen LogP contribution in [0, 0.1) is 6.92 Å². The molecule has 3 heteroatoms. The molecule has 0 atom stereocenters. The van der Waals surface area contributed by atoms with E-state index >= 15 is 0 Å². The maximum atomic E-state index is 4.95. The molecular weight excluding hydrogens is 152 g/mol. The van der Waals surface area contributed by atoms with Gasteiger partial charge < -0.3 is 4.52 Å². The number of hydrogen-bond donors (Lipinski definition) is 0. The van der Waals surface area contributed by atoms with Crippen LogP contribution in [0.2, 0.25) is 0 Å². The van der Waals surface area contributed by atoms with Crippen molar-refractivity contribution in [3.05, 3.63) is 36.4 Å². The van der Waals surface area contributed by atoms with Crippen LogP contribution in [0.1, 0.15) is 5.76 Å². The highest BCUT2D eigenvalue weighted by molar-refractivity contribution is 5.57. The molecule has 2 aromatic rings. The summed E-state index contributed by atoms with van der Waals surface area (Å²) < 4.78 is 4.95. The van der Waals surface area contributed by atoms with E-state index in [0.717, 1.165) is 17.0 Å². The molecule has 2 rings (SSSR count). The number of aryl methyl sites for hydroxylation is 1. The maximum absolute atomic E-state index is 4.95. The minimum Gasteiger partial charge on any atom is -0.361 e. The molecule has 0 unspecified atom stereocenters. The van der Waals surface area contributed by atoms with Crippen molar-refractivity contribution < 1.29 is 4.52 Å². The van der Waals surface area contributed by atoms with Crippen molar-refractivity contribution in [2.45, 2.75) is 6.92 Å². The standard InChI is InChI=1S/C9H8N2O/c1-7-6-9(11-12-7)8-2-4-10-5-3-8/h2-6H,1H3. The topological polar surface area (TPSA) is 38.9 Å². The van der Waals surface area contributed by atoms with Gasteiger partial charge in [0.2, 0.25) is 0 Å². The van der Waals surface area contributed by atoms with Gasteiger partial charge in [-0.1, -0.05) is 5.16 Å². The zero-order valence-electron chi connectivity index (χ0n) is 6.69. The number of nitrogens with zero attached hydrogens (tertiary/aromatic N) is 2. The molecule has 3 nitrogen and oxygen atoms in total. The smallest absolute Gasteiger partial charge is 0.134 e. The largest absolute Gasteiger partial charge is 0.361 e. The quantitative estimate of drug-likeness (QED) is 0.640. The summed E-state index contributed by atoms with van der Waals surface area (Å²) in [6.07, 6.45) is 3.47. The molecule has 0 saturated heterocycles. The molecule has 60 valence electrons. The van der Waals surface area contributed by atoms with Crippen LogP contribution < -0.4 is 0 Å². The molecule has 0 amide bonds. The molecule has 2 heterocycles. The molecule has 0 saturated carbocycles. The lowest BCUT2D eigenvalue weighted by molar-refractivity contribution is 0.399. The molecule has 0 bridgehead atoms. The van der Waals surface area contributed by atoms with E-state index in [1.165, 1.54) is 0 Å². The molecule has 0 aliphatic heterocycles. The Kier molecular flexibility index (Phi) is 1.63. The third kappa shape index (κ3) is 1.21. The van der Waals surface area contributed by atoms with Gasteiger partial charge in [0.25, 0.3) is 0 Å². The number of aromatic nitrogens is 2. The highest BCUT2D eigenvalue weighted by Gasteiger charge is 2.01. The fraction of sp³-hybridized carbons (Fsp3) is 0.111. The lowest BCUT2D eigenvalue weighted by Crippen LogP contribution is -1.76. The van der Waals surface area contributed by atoms with Gasteiger partial charge in [0.05, 0.1) is 0 Å². The van der Waals surface area contributed by atoms with Crippen LogP contribution >= 0.6 is 0 Å². The van der Waals surface area contributed by atoms with Crippen LogP contribution in [0.3, 0.4) is 0 Å². The van der Waals surface area contributed by atoms with Crippen LogP contribution in [-0.4, -0.2) is 10.1 Å². The lowest BCUT2D eigenvalue weighted by atomic mass is 10.2. The van der Waals surface area contributed by atoms with Crippen LogP contribution in [-0.2, 0) is 0 Å². The fourth-order valence-corrected chi connectivity index (χ4v) is 1.03. The number of hydrogen-bond acceptors (Lipinski definition) is 3. The second-order valence-corrected chi connectivity index (χ2v) is 2.56. The SMILES string of the molecule is Cc1cc(-c2ccncc2)no1. The first kappa shape index (κ1) is 7.03. The summed E-state index contributed by atoms with van der Waals surface area (Å²) in [6.45, 7) is 1.87. The Morgan fingerprint density at radius 1 is 1.25 bits per heavy atom. The molecular formula is C9H8N2O. The molecule has 0 aliphatic rings. The minimum absolute atomic E-state index is 0.821. The highest BCUT2D eigenvalue weighted by atomic mass is 16.5. The van der Waals surface area contributed by atoms with Gasteiger partial charge >= 0.3 is 0 Å². The van der Waals surface area contributed by atoms with E-state index in [-0.39, 0.29) is 0 Å². The van der Waals surface area contributed by atoms with Crippen molar-refractivity contribution in [1.29, 1.82) is 0 Å². The monoisotopic (exact) mass is 160 g/mol. The second-order valence-electron chi connectivity index (χ2n) is 2.56. The van der Waals surface area contributed by atoms with Crippen LogP contribution in [0.25, 0.3) is 11.3 Å². The number of rotatable bonds is 1. The summed E-state index contributed by atoms with van der Waals surface area (Å²) >= 11 is 0. The average Bonchev–Trinajstić information content (AvgIpc) is 2.54. The van der Waals surface area contributed by atoms with Gasteiger partial charge in [-0.05, 0) is 19.1 Å². The van der Waals surface area contributed by atoms with Crippen LogP contribution in [0.4, 0.5) is 0 Å². The van der Waals surface area contributed by atoms with Crippen molar-refractivity contribution in [2.75, 3.05) is 0 Å². The Bertz CT molecular complexity index is 367. The summed E-state index contributed by atoms with van der Waals surface area (Å²) in [6, 6.07) is 5.70. The third-order valence-corrected chi connectivity index (χ3v) is 1.60. The van der Waals surface area contributed by atoms with E-state index in [1.54, 1.807) is 12.4 Å². The van der Waals surface area contributed by atoms with E-state index < -0.39 is 0 Å². The van der Waals surface area contributed by atoms with Gasteiger partial charge in [-0.3, -0.25) is 4.98 Å². The van der Waals surface area contributed by atoms with Gasteiger partial charge in [-0.15, -0.1) is 0 Å². The Balaban J connectivity index is 2.45. The first-order valence-corrected chi connectivity index (χ1v) is 3.70. The summed E-state index contributed by atoms with van der Waals surface area (Å²) in [5.74, 6) is 0.821. The Labute approximate surface area is 70.0 Å². The molecule has 0 N–H and O–H groups in total. The summed E-state index contributed by atoms with van der Waals surface area (Å²) in [7, 11) is 0. The molecule has 0 radical (unpaired) electrons. The Morgan fingerprint density at radius 2 is 2.00 bits per heavy atom. The average molecular weight is 160 g/mol. The first-order valence-electron chi connectivity index (χ1n) is 3.70. The Morgan fingerprint density at radius 3 is 2.58 bits per heavy atom.